The second kappa shape index (κ2) is 13.2. The van der Waals surface area contributed by atoms with Gasteiger partial charge in [0.05, 0.1) is 12.2 Å². The predicted octanol–water partition coefficient (Wildman–Crippen LogP) is 7.21. The van der Waals surface area contributed by atoms with Crippen molar-refractivity contribution in [2.24, 2.45) is 5.92 Å². The Balaban J connectivity index is 1.19. The van der Waals surface area contributed by atoms with Gasteiger partial charge in [-0.05, 0) is 50.0 Å². The van der Waals surface area contributed by atoms with E-state index in [0.29, 0.717) is 12.5 Å². The van der Waals surface area contributed by atoms with Crippen LogP contribution in [0.3, 0.4) is 0 Å². The molecule has 9 heteroatoms. The smallest absolute Gasteiger partial charge is 0.225 e. The molecule has 3 heterocycles. The maximum Gasteiger partial charge on any atom is 0.225 e. The average Bonchev–Trinajstić information content (AvgIpc) is 3.37. The molecule has 37 heavy (non-hydrogen) atoms. The van der Waals surface area contributed by atoms with Gasteiger partial charge in [0, 0.05) is 43.5 Å². The quantitative estimate of drug-likeness (QED) is 0.231. The molecule has 1 saturated heterocycles. The van der Waals surface area contributed by atoms with E-state index in [1.807, 2.05) is 26.2 Å². The topological polar surface area (TPSA) is 64.0 Å². The van der Waals surface area contributed by atoms with Gasteiger partial charge >= 0.3 is 0 Å². The predicted molar refractivity (Wildman–Crippen MR) is 144 cm³/mol. The standard InChI is InChI=1S/C28H37F2N5OS/c1-4-5-6-8-21-17-31-28(32-18-21)35-12-10-20(11-13-35)9-7-14-36-22-15-23(29)25(24(30)16-22)27-34-33-26(37-27)19(2)3/h15-20H,4-14H2,1-3H3. The molecule has 0 atom stereocenters. The summed E-state index contributed by atoms with van der Waals surface area (Å²) in [5.74, 6) is 0.443. The second-order valence-corrected chi connectivity index (χ2v) is 11.1. The Bertz CT molecular complexity index is 1110. The van der Waals surface area contributed by atoms with E-state index in [9.17, 15) is 8.78 Å². The summed E-state index contributed by atoms with van der Waals surface area (Å²) in [5, 5.41) is 9.01. The van der Waals surface area contributed by atoms with Crippen LogP contribution >= 0.6 is 11.3 Å². The molecule has 1 fully saturated rings. The zero-order valence-corrected chi connectivity index (χ0v) is 22.9. The van der Waals surface area contributed by atoms with Crippen LogP contribution in [0.25, 0.3) is 10.6 Å². The molecule has 1 aliphatic rings. The summed E-state index contributed by atoms with van der Waals surface area (Å²) in [4.78, 5) is 11.4. The van der Waals surface area contributed by atoms with Crippen LogP contribution in [0.4, 0.5) is 14.7 Å². The number of benzene rings is 1. The van der Waals surface area contributed by atoms with Gasteiger partial charge in [-0.15, -0.1) is 10.2 Å². The second-order valence-electron chi connectivity index (χ2n) is 10.1. The fourth-order valence-electron chi connectivity index (χ4n) is 4.61. The summed E-state index contributed by atoms with van der Waals surface area (Å²) in [6, 6.07) is 2.48. The maximum absolute atomic E-state index is 14.7. The van der Waals surface area contributed by atoms with Crippen molar-refractivity contribution in [3.05, 3.63) is 46.7 Å². The number of ether oxygens (including phenoxy) is 1. The van der Waals surface area contributed by atoms with Gasteiger partial charge in [-0.25, -0.2) is 18.7 Å². The first-order chi connectivity index (χ1) is 17.9. The van der Waals surface area contributed by atoms with Crippen LogP contribution < -0.4 is 9.64 Å². The number of hydrogen-bond donors (Lipinski definition) is 0. The normalized spacial score (nSPS) is 14.5. The van der Waals surface area contributed by atoms with Crippen molar-refractivity contribution in [1.29, 1.82) is 0 Å². The molecular formula is C28H37F2N5OS. The van der Waals surface area contributed by atoms with Crippen LogP contribution in [0, 0.1) is 17.6 Å². The molecule has 4 rings (SSSR count). The third kappa shape index (κ3) is 7.43. The van der Waals surface area contributed by atoms with Gasteiger partial charge in [-0.1, -0.05) is 44.9 Å². The molecule has 0 saturated carbocycles. The van der Waals surface area contributed by atoms with E-state index >= 15 is 0 Å². The molecule has 0 aliphatic carbocycles. The largest absolute Gasteiger partial charge is 0.493 e. The SMILES string of the molecule is CCCCCc1cnc(N2CCC(CCCOc3cc(F)c(-c4nnc(C(C)C)s4)c(F)c3)CC2)nc1. The lowest BCUT2D eigenvalue weighted by molar-refractivity contribution is 0.277. The van der Waals surface area contributed by atoms with Crippen molar-refractivity contribution in [1.82, 2.24) is 20.2 Å². The minimum Gasteiger partial charge on any atom is -0.493 e. The number of piperidine rings is 1. The van der Waals surface area contributed by atoms with Crippen LogP contribution in [0.2, 0.25) is 0 Å². The molecule has 2 aromatic heterocycles. The molecular weight excluding hydrogens is 492 g/mol. The highest BCUT2D eigenvalue weighted by Crippen LogP contribution is 2.33. The van der Waals surface area contributed by atoms with E-state index in [-0.39, 0.29) is 22.2 Å². The third-order valence-electron chi connectivity index (χ3n) is 6.85. The zero-order valence-electron chi connectivity index (χ0n) is 22.1. The van der Waals surface area contributed by atoms with Crippen LogP contribution in [0.5, 0.6) is 5.75 Å². The molecule has 6 nitrogen and oxygen atoms in total. The van der Waals surface area contributed by atoms with Gasteiger partial charge in [-0.2, -0.15) is 0 Å². The van der Waals surface area contributed by atoms with Gasteiger partial charge in [-0.3, -0.25) is 0 Å². The monoisotopic (exact) mass is 529 g/mol. The fourth-order valence-corrected chi connectivity index (χ4v) is 5.50. The van der Waals surface area contributed by atoms with Gasteiger partial charge in [0.1, 0.15) is 22.4 Å². The van der Waals surface area contributed by atoms with Crippen LogP contribution in [-0.4, -0.2) is 39.9 Å². The minimum absolute atomic E-state index is 0.140. The fraction of sp³-hybridized carbons (Fsp3) is 0.571. The number of rotatable bonds is 12. The molecule has 1 aliphatic heterocycles. The molecule has 3 aromatic rings. The Kier molecular flexibility index (Phi) is 9.77. The first-order valence-corrected chi connectivity index (χ1v) is 14.3. The van der Waals surface area contributed by atoms with E-state index in [1.165, 1.54) is 48.3 Å². The van der Waals surface area contributed by atoms with Crippen LogP contribution in [0.15, 0.2) is 24.5 Å². The summed E-state index contributed by atoms with van der Waals surface area (Å²) in [7, 11) is 0. The molecule has 0 spiro atoms. The van der Waals surface area contributed by atoms with Crippen molar-refractivity contribution in [3.8, 4) is 16.3 Å². The maximum atomic E-state index is 14.7. The van der Waals surface area contributed by atoms with Crippen LogP contribution in [0.1, 0.15) is 82.2 Å². The number of anilines is 1. The van der Waals surface area contributed by atoms with Crippen molar-refractivity contribution >= 4 is 17.3 Å². The number of aryl methyl sites for hydroxylation is 1. The number of nitrogens with zero attached hydrogens (tertiary/aromatic N) is 5. The Morgan fingerprint density at radius 1 is 1.03 bits per heavy atom. The molecule has 0 radical (unpaired) electrons. The molecule has 0 unspecified atom stereocenters. The molecule has 0 N–H and O–H groups in total. The van der Waals surface area contributed by atoms with Gasteiger partial charge < -0.3 is 9.64 Å². The number of hydrogen-bond acceptors (Lipinski definition) is 7. The van der Waals surface area contributed by atoms with Crippen LogP contribution in [-0.2, 0) is 6.42 Å². The average molecular weight is 530 g/mol. The lowest BCUT2D eigenvalue weighted by atomic mass is 9.92. The van der Waals surface area contributed by atoms with E-state index in [2.05, 4.69) is 32.0 Å². The first-order valence-electron chi connectivity index (χ1n) is 13.5. The van der Waals surface area contributed by atoms with E-state index in [0.717, 1.165) is 56.1 Å². The van der Waals surface area contributed by atoms with Crippen molar-refractivity contribution < 1.29 is 13.5 Å². The highest BCUT2D eigenvalue weighted by Gasteiger charge is 2.22. The van der Waals surface area contributed by atoms with Crippen molar-refractivity contribution in [2.45, 2.75) is 78.1 Å². The molecule has 0 bridgehead atoms. The van der Waals surface area contributed by atoms with Gasteiger partial charge in [0.25, 0.3) is 0 Å². The molecule has 0 amide bonds. The van der Waals surface area contributed by atoms with Gasteiger partial charge in [0.2, 0.25) is 5.95 Å². The van der Waals surface area contributed by atoms with Crippen molar-refractivity contribution in [2.75, 3.05) is 24.6 Å². The Morgan fingerprint density at radius 3 is 2.35 bits per heavy atom. The third-order valence-corrected chi connectivity index (χ3v) is 8.09. The Morgan fingerprint density at radius 2 is 1.73 bits per heavy atom. The highest BCUT2D eigenvalue weighted by molar-refractivity contribution is 7.14. The van der Waals surface area contributed by atoms with Crippen molar-refractivity contribution in [3.63, 3.8) is 0 Å². The first kappa shape index (κ1) is 27.4. The lowest BCUT2D eigenvalue weighted by Crippen LogP contribution is -2.35. The van der Waals surface area contributed by atoms with E-state index in [4.69, 9.17) is 4.74 Å². The zero-order chi connectivity index (χ0) is 26.2. The summed E-state index contributed by atoms with van der Waals surface area (Å²) < 4.78 is 35.0. The molecule has 200 valence electrons. The summed E-state index contributed by atoms with van der Waals surface area (Å²) in [6.45, 7) is 8.48. The summed E-state index contributed by atoms with van der Waals surface area (Å²) in [6.07, 6.45) is 12.7. The number of aromatic nitrogens is 4. The van der Waals surface area contributed by atoms with Gasteiger partial charge in [0.15, 0.2) is 5.01 Å². The van der Waals surface area contributed by atoms with E-state index in [1.54, 1.807) is 0 Å². The lowest BCUT2D eigenvalue weighted by Gasteiger charge is -2.32. The minimum atomic E-state index is -0.676. The molecule has 1 aromatic carbocycles. The Labute approximate surface area is 222 Å². The number of halogens is 2. The van der Waals surface area contributed by atoms with E-state index < -0.39 is 11.6 Å². The summed E-state index contributed by atoms with van der Waals surface area (Å²) >= 11 is 1.21. The summed E-state index contributed by atoms with van der Waals surface area (Å²) in [5.41, 5.74) is 1.07. The number of unbranched alkanes of at least 4 members (excludes halogenated alkanes) is 2. The Hall–Kier alpha value is -2.68. The highest BCUT2D eigenvalue weighted by atomic mass is 32.1.